The summed E-state index contributed by atoms with van der Waals surface area (Å²) in [6, 6.07) is 0. The van der Waals surface area contributed by atoms with Gasteiger partial charge in [0.05, 0.1) is 6.61 Å². The highest BCUT2D eigenvalue weighted by Gasteiger charge is 2.33. The van der Waals surface area contributed by atoms with Crippen LogP contribution in [0.1, 0.15) is 0 Å². The van der Waals surface area contributed by atoms with Crippen LogP contribution in [-0.2, 0) is 13.9 Å². The Labute approximate surface area is 89.5 Å². The molecule has 0 fully saturated rings. The van der Waals surface area contributed by atoms with Gasteiger partial charge in [-0.1, -0.05) is 0 Å². The summed E-state index contributed by atoms with van der Waals surface area (Å²) >= 11 is 0. The molecule has 0 aromatic heterocycles. The Hall–Kier alpha value is -0.410. The second kappa shape index (κ2) is 6.36. The lowest BCUT2D eigenvalue weighted by Crippen LogP contribution is -2.44. The number of aliphatic hydroxyl groups is 3. The SMILES string of the molecule is O=CC(O)C(F)C(O)C(O)COP(=O)(O)O. The molecule has 0 heterocycles. The van der Waals surface area contributed by atoms with Gasteiger partial charge < -0.3 is 29.9 Å². The average Bonchev–Trinajstić information content (AvgIpc) is 2.21. The van der Waals surface area contributed by atoms with Gasteiger partial charge in [0.2, 0.25) is 0 Å². The first-order valence-corrected chi connectivity index (χ1v) is 5.55. The minimum absolute atomic E-state index is 0.190. The van der Waals surface area contributed by atoms with Crippen LogP contribution in [0.3, 0.4) is 0 Å². The van der Waals surface area contributed by atoms with Gasteiger partial charge in [-0.2, -0.15) is 0 Å². The molecule has 0 aromatic carbocycles. The highest BCUT2D eigenvalue weighted by molar-refractivity contribution is 7.46. The normalized spacial score (nSPS) is 19.9. The van der Waals surface area contributed by atoms with Crippen LogP contribution in [0.15, 0.2) is 0 Å². The number of aliphatic hydroxyl groups excluding tert-OH is 3. The van der Waals surface area contributed by atoms with Gasteiger partial charge in [-0.25, -0.2) is 8.96 Å². The minimum atomic E-state index is -4.85. The molecule has 0 aliphatic rings. The van der Waals surface area contributed by atoms with Crippen LogP contribution >= 0.6 is 7.82 Å². The highest BCUT2D eigenvalue weighted by atomic mass is 31.2. The maximum absolute atomic E-state index is 12.9. The summed E-state index contributed by atoms with van der Waals surface area (Å²) in [5.41, 5.74) is 0. The summed E-state index contributed by atoms with van der Waals surface area (Å²) in [4.78, 5) is 26.4. The maximum atomic E-state index is 12.9. The third-order valence-corrected chi connectivity index (χ3v) is 2.09. The first kappa shape index (κ1) is 15.6. The Morgan fingerprint density at radius 2 is 1.81 bits per heavy atom. The van der Waals surface area contributed by atoms with E-state index in [1.165, 1.54) is 0 Å². The van der Waals surface area contributed by atoms with Gasteiger partial charge in [-0.15, -0.1) is 0 Å². The number of aldehydes is 1. The molecule has 8 nitrogen and oxygen atoms in total. The van der Waals surface area contributed by atoms with Crippen molar-refractivity contribution in [2.45, 2.75) is 24.5 Å². The number of halogens is 1. The Morgan fingerprint density at radius 3 is 2.19 bits per heavy atom. The van der Waals surface area contributed by atoms with Gasteiger partial charge in [0.1, 0.15) is 18.3 Å². The van der Waals surface area contributed by atoms with E-state index in [9.17, 15) is 13.8 Å². The lowest BCUT2D eigenvalue weighted by molar-refractivity contribution is -0.126. The van der Waals surface area contributed by atoms with Crippen molar-refractivity contribution in [2.75, 3.05) is 6.61 Å². The van der Waals surface area contributed by atoms with Crippen molar-refractivity contribution >= 4 is 14.1 Å². The van der Waals surface area contributed by atoms with Gasteiger partial charge in [-0.3, -0.25) is 4.52 Å². The van der Waals surface area contributed by atoms with E-state index in [0.29, 0.717) is 0 Å². The molecule has 0 bridgehead atoms. The molecule has 0 saturated carbocycles. The molecule has 4 atom stereocenters. The average molecular weight is 262 g/mol. The second-order valence-electron chi connectivity index (χ2n) is 2.92. The van der Waals surface area contributed by atoms with Gasteiger partial charge >= 0.3 is 7.82 Å². The van der Waals surface area contributed by atoms with Gasteiger partial charge in [0.15, 0.2) is 12.5 Å². The first-order valence-electron chi connectivity index (χ1n) is 4.02. The van der Waals surface area contributed by atoms with Crippen molar-refractivity contribution < 1.29 is 43.4 Å². The van der Waals surface area contributed by atoms with Crippen molar-refractivity contribution in [1.29, 1.82) is 0 Å². The van der Waals surface area contributed by atoms with Crippen molar-refractivity contribution in [1.82, 2.24) is 0 Å². The standard InChI is InChI=1S/C6H12FO8P/c7-5(3(9)1-8)6(11)4(10)2-15-16(12,13)14/h1,3-6,9-11H,2H2,(H2,12,13,14). The Morgan fingerprint density at radius 1 is 1.31 bits per heavy atom. The predicted octanol–water partition coefficient (Wildman–Crippen LogP) is -2.28. The van der Waals surface area contributed by atoms with Crippen LogP contribution in [-0.4, -0.2) is 62.5 Å². The van der Waals surface area contributed by atoms with Crippen molar-refractivity contribution in [3.05, 3.63) is 0 Å². The van der Waals surface area contributed by atoms with E-state index < -0.39 is 38.9 Å². The molecule has 0 aliphatic heterocycles. The third kappa shape index (κ3) is 5.61. The Bertz CT molecular complexity index is 267. The molecular weight excluding hydrogens is 250 g/mol. The smallest absolute Gasteiger partial charge is 0.388 e. The molecular formula is C6H12FO8P. The molecule has 0 aliphatic carbocycles. The largest absolute Gasteiger partial charge is 0.469 e. The van der Waals surface area contributed by atoms with Gasteiger partial charge in [0, 0.05) is 0 Å². The highest BCUT2D eigenvalue weighted by Crippen LogP contribution is 2.35. The molecule has 96 valence electrons. The number of hydrogen-bond acceptors (Lipinski definition) is 6. The minimum Gasteiger partial charge on any atom is -0.388 e. The molecule has 0 aromatic rings. The van der Waals surface area contributed by atoms with E-state index in [2.05, 4.69) is 4.52 Å². The van der Waals surface area contributed by atoms with E-state index >= 15 is 0 Å². The maximum Gasteiger partial charge on any atom is 0.469 e. The van der Waals surface area contributed by atoms with Crippen LogP contribution in [0.4, 0.5) is 4.39 Å². The van der Waals surface area contributed by atoms with Crippen molar-refractivity contribution in [3.63, 3.8) is 0 Å². The number of carbonyl (C=O) groups excluding carboxylic acids is 1. The number of alkyl halides is 1. The molecule has 4 unspecified atom stereocenters. The van der Waals surface area contributed by atoms with E-state index in [1.807, 2.05) is 0 Å². The quantitative estimate of drug-likeness (QED) is 0.255. The summed E-state index contributed by atoms with van der Waals surface area (Å²) in [5, 5.41) is 26.7. The molecule has 0 rings (SSSR count). The zero-order valence-electron chi connectivity index (χ0n) is 7.88. The van der Waals surface area contributed by atoms with Gasteiger partial charge in [0.25, 0.3) is 0 Å². The predicted molar refractivity (Wildman–Crippen MR) is 47.0 cm³/mol. The number of carbonyl (C=O) groups is 1. The third-order valence-electron chi connectivity index (χ3n) is 1.60. The molecule has 0 spiro atoms. The number of rotatable bonds is 7. The fourth-order valence-corrected chi connectivity index (χ4v) is 1.11. The van der Waals surface area contributed by atoms with E-state index in [0.717, 1.165) is 0 Å². The van der Waals surface area contributed by atoms with Crippen LogP contribution in [0.25, 0.3) is 0 Å². The molecule has 16 heavy (non-hydrogen) atoms. The molecule has 5 N–H and O–H groups in total. The zero-order chi connectivity index (χ0) is 12.9. The second-order valence-corrected chi connectivity index (χ2v) is 4.15. The number of phosphoric acid groups is 1. The zero-order valence-corrected chi connectivity index (χ0v) is 8.77. The molecule has 0 saturated heterocycles. The fourth-order valence-electron chi connectivity index (χ4n) is 0.761. The molecule has 0 radical (unpaired) electrons. The number of phosphoric ester groups is 1. The topological polar surface area (TPSA) is 145 Å². The van der Waals surface area contributed by atoms with Crippen molar-refractivity contribution in [2.24, 2.45) is 0 Å². The van der Waals surface area contributed by atoms with E-state index in [-0.39, 0.29) is 6.29 Å². The van der Waals surface area contributed by atoms with Crippen LogP contribution in [0.2, 0.25) is 0 Å². The summed E-state index contributed by atoms with van der Waals surface area (Å²) < 4.78 is 26.9. The summed E-state index contributed by atoms with van der Waals surface area (Å²) in [6.45, 7) is -1.04. The van der Waals surface area contributed by atoms with Crippen molar-refractivity contribution in [3.8, 4) is 0 Å². The summed E-state index contributed by atoms with van der Waals surface area (Å²) in [5.74, 6) is 0. The van der Waals surface area contributed by atoms with Gasteiger partial charge in [-0.05, 0) is 0 Å². The van der Waals surface area contributed by atoms with Crippen LogP contribution in [0, 0.1) is 0 Å². The van der Waals surface area contributed by atoms with E-state index in [4.69, 9.17) is 25.1 Å². The Balaban J connectivity index is 4.22. The van der Waals surface area contributed by atoms with E-state index in [1.54, 1.807) is 0 Å². The van der Waals surface area contributed by atoms with Crippen LogP contribution < -0.4 is 0 Å². The molecule has 10 heteroatoms. The molecule has 0 amide bonds. The number of hydrogen-bond donors (Lipinski definition) is 5. The Kier molecular flexibility index (Phi) is 6.19. The first-order chi connectivity index (χ1) is 7.19. The van der Waals surface area contributed by atoms with Crippen LogP contribution in [0.5, 0.6) is 0 Å². The lowest BCUT2D eigenvalue weighted by Gasteiger charge is -2.22. The fraction of sp³-hybridized carbons (Fsp3) is 0.833. The lowest BCUT2D eigenvalue weighted by atomic mass is 10.1. The monoisotopic (exact) mass is 262 g/mol. The summed E-state index contributed by atoms with van der Waals surface area (Å²) in [7, 11) is -4.85. The summed E-state index contributed by atoms with van der Waals surface area (Å²) in [6.07, 6.45) is -9.00.